The molecule has 0 aliphatic carbocycles. The third-order valence-corrected chi connectivity index (χ3v) is 3.08. The molecule has 3 heteroatoms. The van der Waals surface area contributed by atoms with Gasteiger partial charge in [-0.1, -0.05) is 0 Å². The fourth-order valence-electron chi connectivity index (χ4n) is 2.17. The summed E-state index contributed by atoms with van der Waals surface area (Å²) in [6.07, 6.45) is 3.70. The highest BCUT2D eigenvalue weighted by atomic mass is 16.5. The van der Waals surface area contributed by atoms with E-state index in [0.717, 1.165) is 25.5 Å². The molecule has 3 nitrogen and oxygen atoms in total. The van der Waals surface area contributed by atoms with E-state index in [1.165, 1.54) is 25.9 Å². The molecule has 1 aliphatic rings. The Morgan fingerprint density at radius 3 is 2.80 bits per heavy atom. The summed E-state index contributed by atoms with van der Waals surface area (Å²) >= 11 is 0. The van der Waals surface area contributed by atoms with Gasteiger partial charge in [0.05, 0.1) is 6.61 Å². The Morgan fingerprint density at radius 1 is 1.47 bits per heavy atom. The van der Waals surface area contributed by atoms with Crippen LogP contribution in [0.1, 0.15) is 33.1 Å². The minimum absolute atomic E-state index is 0.0335. The Hall–Kier alpha value is -0.120. The van der Waals surface area contributed by atoms with E-state index in [1.54, 1.807) is 7.11 Å². The first-order valence-electron chi connectivity index (χ1n) is 6.01. The van der Waals surface area contributed by atoms with Gasteiger partial charge in [0.25, 0.3) is 0 Å². The summed E-state index contributed by atoms with van der Waals surface area (Å²) < 4.78 is 5.22. The van der Waals surface area contributed by atoms with Crippen molar-refractivity contribution < 1.29 is 4.74 Å². The summed E-state index contributed by atoms with van der Waals surface area (Å²) in [7, 11) is 1.79. The maximum absolute atomic E-state index is 5.99. The molecule has 15 heavy (non-hydrogen) atoms. The van der Waals surface area contributed by atoms with Gasteiger partial charge in [-0.3, -0.25) is 0 Å². The molecule has 1 fully saturated rings. The summed E-state index contributed by atoms with van der Waals surface area (Å²) in [6, 6.07) is 0. The number of ether oxygens (including phenoxy) is 1. The van der Waals surface area contributed by atoms with Crippen LogP contribution >= 0.6 is 0 Å². The molecule has 90 valence electrons. The van der Waals surface area contributed by atoms with E-state index in [0.29, 0.717) is 0 Å². The molecule has 1 atom stereocenters. The minimum atomic E-state index is -0.0335. The quantitative estimate of drug-likeness (QED) is 0.753. The summed E-state index contributed by atoms with van der Waals surface area (Å²) in [5, 5.41) is 0. The van der Waals surface area contributed by atoms with E-state index < -0.39 is 0 Å². The Kier molecular flexibility index (Phi) is 5.03. The third-order valence-electron chi connectivity index (χ3n) is 3.08. The molecule has 0 bridgehead atoms. The lowest BCUT2D eigenvalue weighted by molar-refractivity contribution is 0.0876. The summed E-state index contributed by atoms with van der Waals surface area (Å²) in [4.78, 5) is 2.53. The second-order valence-electron chi connectivity index (χ2n) is 5.50. The fourth-order valence-corrected chi connectivity index (χ4v) is 2.17. The first kappa shape index (κ1) is 12.9. The Morgan fingerprint density at radius 2 is 2.20 bits per heavy atom. The van der Waals surface area contributed by atoms with E-state index >= 15 is 0 Å². The monoisotopic (exact) mass is 214 g/mol. The second-order valence-corrected chi connectivity index (χ2v) is 5.50. The summed E-state index contributed by atoms with van der Waals surface area (Å²) in [5.41, 5.74) is 5.96. The van der Waals surface area contributed by atoms with Gasteiger partial charge in [0, 0.05) is 19.2 Å². The first-order chi connectivity index (χ1) is 7.01. The summed E-state index contributed by atoms with van der Waals surface area (Å²) in [6.45, 7) is 8.65. The molecule has 0 spiro atoms. The van der Waals surface area contributed by atoms with Crippen LogP contribution in [0.3, 0.4) is 0 Å². The fraction of sp³-hybridized carbons (Fsp3) is 1.00. The molecule has 1 aliphatic heterocycles. The number of piperidine rings is 1. The van der Waals surface area contributed by atoms with Crippen molar-refractivity contribution in [1.82, 2.24) is 4.90 Å². The van der Waals surface area contributed by atoms with Crippen molar-refractivity contribution in [3.63, 3.8) is 0 Å². The lowest BCUT2D eigenvalue weighted by Gasteiger charge is -2.34. The van der Waals surface area contributed by atoms with Gasteiger partial charge in [0.15, 0.2) is 0 Å². The van der Waals surface area contributed by atoms with Crippen LogP contribution in [0.25, 0.3) is 0 Å². The predicted molar refractivity (Wildman–Crippen MR) is 63.9 cm³/mol. The van der Waals surface area contributed by atoms with Crippen LogP contribution in [-0.2, 0) is 4.74 Å². The topological polar surface area (TPSA) is 38.5 Å². The van der Waals surface area contributed by atoms with Crippen LogP contribution in [0, 0.1) is 5.92 Å². The van der Waals surface area contributed by atoms with Crippen molar-refractivity contribution in [3.8, 4) is 0 Å². The number of methoxy groups -OCH3 is 1. The van der Waals surface area contributed by atoms with Crippen molar-refractivity contribution in [2.45, 2.75) is 38.6 Å². The average molecular weight is 214 g/mol. The van der Waals surface area contributed by atoms with Gasteiger partial charge in [-0.15, -0.1) is 0 Å². The highest BCUT2D eigenvalue weighted by Gasteiger charge is 2.21. The van der Waals surface area contributed by atoms with Gasteiger partial charge in [-0.2, -0.15) is 0 Å². The Balaban J connectivity index is 2.24. The SMILES string of the molecule is COCC1CCCN(CCC(C)(C)N)C1. The van der Waals surface area contributed by atoms with Gasteiger partial charge in [-0.05, 0) is 52.1 Å². The Bertz CT molecular complexity index is 175. The minimum Gasteiger partial charge on any atom is -0.384 e. The van der Waals surface area contributed by atoms with E-state index in [2.05, 4.69) is 18.7 Å². The average Bonchev–Trinajstić information content (AvgIpc) is 2.15. The molecular weight excluding hydrogens is 188 g/mol. The molecule has 0 amide bonds. The lowest BCUT2D eigenvalue weighted by atomic mass is 9.97. The van der Waals surface area contributed by atoms with Crippen LogP contribution in [-0.4, -0.2) is 43.8 Å². The highest BCUT2D eigenvalue weighted by molar-refractivity contribution is 4.77. The predicted octanol–water partition coefficient (Wildman–Crippen LogP) is 1.47. The number of hydrogen-bond donors (Lipinski definition) is 1. The maximum atomic E-state index is 5.99. The highest BCUT2D eigenvalue weighted by Crippen LogP contribution is 2.17. The smallest absolute Gasteiger partial charge is 0.0502 e. The first-order valence-corrected chi connectivity index (χ1v) is 6.01. The molecule has 0 aromatic heterocycles. The van der Waals surface area contributed by atoms with Crippen LogP contribution in [0.2, 0.25) is 0 Å². The molecule has 1 heterocycles. The van der Waals surface area contributed by atoms with Gasteiger partial charge < -0.3 is 15.4 Å². The van der Waals surface area contributed by atoms with Gasteiger partial charge in [-0.25, -0.2) is 0 Å². The van der Waals surface area contributed by atoms with Crippen LogP contribution in [0.4, 0.5) is 0 Å². The van der Waals surface area contributed by atoms with Crippen molar-refractivity contribution in [1.29, 1.82) is 0 Å². The standard InChI is InChI=1S/C12H26N2O/c1-12(2,13)6-8-14-7-4-5-11(9-14)10-15-3/h11H,4-10,13H2,1-3H3. The molecule has 0 saturated carbocycles. The molecule has 0 radical (unpaired) electrons. The zero-order valence-corrected chi connectivity index (χ0v) is 10.5. The zero-order chi connectivity index (χ0) is 11.3. The van der Waals surface area contributed by atoms with E-state index in [4.69, 9.17) is 10.5 Å². The molecule has 0 aromatic carbocycles. The second kappa shape index (κ2) is 5.83. The van der Waals surface area contributed by atoms with Crippen molar-refractivity contribution in [3.05, 3.63) is 0 Å². The number of nitrogens with zero attached hydrogens (tertiary/aromatic N) is 1. The van der Waals surface area contributed by atoms with E-state index in [9.17, 15) is 0 Å². The van der Waals surface area contributed by atoms with Gasteiger partial charge in [0.1, 0.15) is 0 Å². The molecule has 1 unspecified atom stereocenters. The van der Waals surface area contributed by atoms with Gasteiger partial charge in [0.2, 0.25) is 0 Å². The van der Waals surface area contributed by atoms with Crippen molar-refractivity contribution in [2.24, 2.45) is 11.7 Å². The van der Waals surface area contributed by atoms with Crippen LogP contribution in [0.5, 0.6) is 0 Å². The largest absolute Gasteiger partial charge is 0.384 e. The van der Waals surface area contributed by atoms with E-state index in [1.807, 2.05) is 0 Å². The molecule has 2 N–H and O–H groups in total. The molecular formula is C12H26N2O. The van der Waals surface area contributed by atoms with Crippen LogP contribution < -0.4 is 5.73 Å². The summed E-state index contributed by atoms with van der Waals surface area (Å²) in [5.74, 6) is 0.727. The molecule has 1 rings (SSSR count). The van der Waals surface area contributed by atoms with Crippen molar-refractivity contribution >= 4 is 0 Å². The maximum Gasteiger partial charge on any atom is 0.0502 e. The molecule has 1 saturated heterocycles. The number of likely N-dealkylation sites (tertiary alicyclic amines) is 1. The number of rotatable bonds is 5. The zero-order valence-electron chi connectivity index (χ0n) is 10.5. The third kappa shape index (κ3) is 5.50. The Labute approximate surface area is 94.0 Å². The van der Waals surface area contributed by atoms with Crippen LogP contribution in [0.15, 0.2) is 0 Å². The normalized spacial score (nSPS) is 24.4. The van der Waals surface area contributed by atoms with E-state index in [-0.39, 0.29) is 5.54 Å². The number of hydrogen-bond acceptors (Lipinski definition) is 3. The lowest BCUT2D eigenvalue weighted by Crippen LogP contribution is -2.42. The number of nitrogens with two attached hydrogens (primary N) is 1. The van der Waals surface area contributed by atoms with Gasteiger partial charge >= 0.3 is 0 Å². The van der Waals surface area contributed by atoms with Crippen molar-refractivity contribution in [2.75, 3.05) is 33.4 Å². The molecule has 0 aromatic rings.